The van der Waals surface area contributed by atoms with Gasteiger partial charge in [0.25, 0.3) is 0 Å². The van der Waals surface area contributed by atoms with Crippen molar-refractivity contribution in [3.8, 4) is 0 Å². The molecule has 0 bridgehead atoms. The largest absolute Gasteiger partial charge is 0.387 e. The molecule has 1 N–H and O–H groups in total. The molecule has 1 aliphatic heterocycles. The van der Waals surface area contributed by atoms with E-state index < -0.39 is 0 Å². The van der Waals surface area contributed by atoms with Crippen LogP contribution in [0.25, 0.3) is 0 Å². The van der Waals surface area contributed by atoms with Crippen molar-refractivity contribution >= 4 is 11.3 Å². The Labute approximate surface area is 89.2 Å². The van der Waals surface area contributed by atoms with Crippen LogP contribution in [0.2, 0.25) is 0 Å². The number of aliphatic hydroxyl groups is 1. The van der Waals surface area contributed by atoms with Gasteiger partial charge in [0.15, 0.2) is 0 Å². The topological polar surface area (TPSA) is 23.5 Å². The molecule has 2 nitrogen and oxygen atoms in total. The lowest BCUT2D eigenvalue weighted by Crippen LogP contribution is -2.31. The molecule has 14 heavy (non-hydrogen) atoms. The molecule has 2 rings (SSSR count). The van der Waals surface area contributed by atoms with E-state index in [1.165, 1.54) is 12.8 Å². The number of thiophene rings is 1. The molecule has 2 heterocycles. The Bertz CT molecular complexity index is 273. The maximum Gasteiger partial charge on any atom is 0.0925 e. The second kappa shape index (κ2) is 4.43. The van der Waals surface area contributed by atoms with Crippen molar-refractivity contribution in [1.82, 2.24) is 4.90 Å². The van der Waals surface area contributed by atoms with Gasteiger partial charge >= 0.3 is 0 Å². The fourth-order valence-electron chi connectivity index (χ4n) is 2.06. The van der Waals surface area contributed by atoms with Crippen LogP contribution in [0.15, 0.2) is 16.8 Å². The first-order valence-electron chi connectivity index (χ1n) is 5.21. The standard InChI is InChI=1S/C11H17NOS/c1-9-3-2-5-12(9)7-11(13)10-4-6-14-8-10/h4,6,8-9,11,13H,2-3,5,7H2,1H3. The highest BCUT2D eigenvalue weighted by atomic mass is 32.1. The van der Waals surface area contributed by atoms with E-state index in [1.54, 1.807) is 11.3 Å². The third-order valence-electron chi connectivity index (χ3n) is 3.03. The summed E-state index contributed by atoms with van der Waals surface area (Å²) in [5, 5.41) is 14.0. The molecule has 3 heteroatoms. The van der Waals surface area contributed by atoms with Crippen molar-refractivity contribution in [3.63, 3.8) is 0 Å². The van der Waals surface area contributed by atoms with E-state index in [-0.39, 0.29) is 6.10 Å². The number of aliphatic hydroxyl groups excluding tert-OH is 1. The van der Waals surface area contributed by atoms with E-state index >= 15 is 0 Å². The Morgan fingerprint density at radius 3 is 3.14 bits per heavy atom. The van der Waals surface area contributed by atoms with E-state index in [1.807, 2.05) is 16.8 Å². The van der Waals surface area contributed by atoms with E-state index in [4.69, 9.17) is 0 Å². The Morgan fingerprint density at radius 1 is 1.71 bits per heavy atom. The van der Waals surface area contributed by atoms with Crippen LogP contribution in [0.4, 0.5) is 0 Å². The molecule has 1 fully saturated rings. The van der Waals surface area contributed by atoms with Gasteiger partial charge in [-0.1, -0.05) is 0 Å². The van der Waals surface area contributed by atoms with Crippen LogP contribution in [0.1, 0.15) is 31.4 Å². The fourth-order valence-corrected chi connectivity index (χ4v) is 2.76. The number of rotatable bonds is 3. The van der Waals surface area contributed by atoms with Gasteiger partial charge in [-0.25, -0.2) is 0 Å². The summed E-state index contributed by atoms with van der Waals surface area (Å²) in [6.07, 6.45) is 2.25. The van der Waals surface area contributed by atoms with Gasteiger partial charge in [-0.3, -0.25) is 4.90 Å². The summed E-state index contributed by atoms with van der Waals surface area (Å²) in [6, 6.07) is 2.65. The minimum absolute atomic E-state index is 0.304. The minimum atomic E-state index is -0.304. The van der Waals surface area contributed by atoms with Crippen molar-refractivity contribution in [2.75, 3.05) is 13.1 Å². The number of likely N-dealkylation sites (tertiary alicyclic amines) is 1. The van der Waals surface area contributed by atoms with Gasteiger partial charge in [-0.15, -0.1) is 0 Å². The van der Waals surface area contributed by atoms with Gasteiger partial charge in [0, 0.05) is 12.6 Å². The Balaban J connectivity index is 1.91. The van der Waals surface area contributed by atoms with Crippen molar-refractivity contribution in [2.45, 2.75) is 31.9 Å². The Morgan fingerprint density at radius 2 is 2.57 bits per heavy atom. The highest BCUT2D eigenvalue weighted by Crippen LogP contribution is 2.22. The first-order valence-corrected chi connectivity index (χ1v) is 6.16. The molecule has 2 atom stereocenters. The third-order valence-corrected chi connectivity index (χ3v) is 3.73. The van der Waals surface area contributed by atoms with E-state index in [2.05, 4.69) is 11.8 Å². The summed E-state index contributed by atoms with van der Waals surface area (Å²) in [6.45, 7) is 4.17. The van der Waals surface area contributed by atoms with E-state index in [9.17, 15) is 5.11 Å². The van der Waals surface area contributed by atoms with Crippen molar-refractivity contribution in [3.05, 3.63) is 22.4 Å². The highest BCUT2D eigenvalue weighted by molar-refractivity contribution is 7.07. The van der Waals surface area contributed by atoms with Crippen molar-refractivity contribution in [1.29, 1.82) is 0 Å². The number of hydrogen-bond donors (Lipinski definition) is 1. The van der Waals surface area contributed by atoms with E-state index in [0.29, 0.717) is 6.04 Å². The SMILES string of the molecule is CC1CCCN1CC(O)c1ccsc1. The Kier molecular flexibility index (Phi) is 3.21. The molecule has 1 aromatic rings. The van der Waals surface area contributed by atoms with Gasteiger partial charge in [0.2, 0.25) is 0 Å². The molecular formula is C11H17NOS. The molecule has 0 saturated carbocycles. The Hall–Kier alpha value is -0.380. The highest BCUT2D eigenvalue weighted by Gasteiger charge is 2.22. The molecule has 1 saturated heterocycles. The van der Waals surface area contributed by atoms with Gasteiger partial charge in [-0.05, 0) is 48.7 Å². The number of nitrogens with zero attached hydrogens (tertiary/aromatic N) is 1. The lowest BCUT2D eigenvalue weighted by atomic mass is 10.2. The molecule has 78 valence electrons. The zero-order valence-corrected chi connectivity index (χ0v) is 9.33. The second-order valence-corrected chi connectivity index (χ2v) is 4.84. The molecule has 2 unspecified atom stereocenters. The monoisotopic (exact) mass is 211 g/mol. The van der Waals surface area contributed by atoms with Crippen LogP contribution in [0, 0.1) is 0 Å². The molecular weight excluding hydrogens is 194 g/mol. The predicted octanol–water partition coefficient (Wildman–Crippen LogP) is 2.27. The predicted molar refractivity (Wildman–Crippen MR) is 59.5 cm³/mol. The summed E-state index contributed by atoms with van der Waals surface area (Å²) in [4.78, 5) is 2.38. The average Bonchev–Trinajstić information content (AvgIpc) is 2.77. The molecule has 1 aliphatic rings. The van der Waals surface area contributed by atoms with Crippen molar-refractivity contribution in [2.24, 2.45) is 0 Å². The second-order valence-electron chi connectivity index (χ2n) is 4.06. The minimum Gasteiger partial charge on any atom is -0.387 e. The van der Waals surface area contributed by atoms with Crippen LogP contribution < -0.4 is 0 Å². The molecule has 1 aromatic heterocycles. The molecule has 0 aromatic carbocycles. The number of hydrogen-bond acceptors (Lipinski definition) is 3. The molecule has 0 aliphatic carbocycles. The first-order chi connectivity index (χ1) is 6.77. The van der Waals surface area contributed by atoms with Gasteiger partial charge in [-0.2, -0.15) is 11.3 Å². The lowest BCUT2D eigenvalue weighted by molar-refractivity contribution is 0.110. The summed E-state index contributed by atoms with van der Waals surface area (Å²) in [5.74, 6) is 0. The van der Waals surface area contributed by atoms with E-state index in [0.717, 1.165) is 18.7 Å². The number of β-amino-alcohol motifs (C(OH)–C–C–N with tert-alkyl or cyclic N) is 1. The quantitative estimate of drug-likeness (QED) is 0.829. The van der Waals surface area contributed by atoms with Crippen LogP contribution in [-0.2, 0) is 0 Å². The summed E-state index contributed by atoms with van der Waals surface area (Å²) >= 11 is 1.65. The lowest BCUT2D eigenvalue weighted by Gasteiger charge is -2.23. The molecule has 0 spiro atoms. The van der Waals surface area contributed by atoms with Gasteiger partial charge in [0.05, 0.1) is 6.10 Å². The normalized spacial score (nSPS) is 25.4. The van der Waals surface area contributed by atoms with Crippen LogP contribution >= 0.6 is 11.3 Å². The fraction of sp³-hybridized carbons (Fsp3) is 0.636. The maximum absolute atomic E-state index is 9.95. The average molecular weight is 211 g/mol. The summed E-state index contributed by atoms with van der Waals surface area (Å²) in [7, 11) is 0. The van der Waals surface area contributed by atoms with Gasteiger partial charge in [0.1, 0.15) is 0 Å². The molecule has 0 amide bonds. The zero-order valence-electron chi connectivity index (χ0n) is 8.52. The summed E-state index contributed by atoms with van der Waals surface area (Å²) < 4.78 is 0. The summed E-state index contributed by atoms with van der Waals surface area (Å²) in [5.41, 5.74) is 1.06. The smallest absolute Gasteiger partial charge is 0.0925 e. The molecule has 0 radical (unpaired) electrons. The maximum atomic E-state index is 9.95. The third kappa shape index (κ3) is 2.16. The van der Waals surface area contributed by atoms with Crippen LogP contribution in [-0.4, -0.2) is 29.1 Å². The van der Waals surface area contributed by atoms with Crippen LogP contribution in [0.5, 0.6) is 0 Å². The first kappa shape index (κ1) is 10.1. The van der Waals surface area contributed by atoms with Gasteiger partial charge < -0.3 is 5.11 Å². The van der Waals surface area contributed by atoms with Crippen molar-refractivity contribution < 1.29 is 5.11 Å². The zero-order chi connectivity index (χ0) is 9.97. The van der Waals surface area contributed by atoms with Crippen LogP contribution in [0.3, 0.4) is 0 Å².